The Morgan fingerprint density at radius 2 is 1.67 bits per heavy atom. The first-order valence-electron chi connectivity index (χ1n) is 9.10. The second-order valence-corrected chi connectivity index (χ2v) is 6.66. The summed E-state index contributed by atoms with van der Waals surface area (Å²) in [6.07, 6.45) is 20.3. The highest BCUT2D eigenvalue weighted by Crippen LogP contribution is 2.45. The number of allylic oxidation sites excluding steroid dienone is 2. The highest BCUT2D eigenvalue weighted by atomic mass is 16.4. The lowest BCUT2D eigenvalue weighted by molar-refractivity contribution is -0.137. The maximum Gasteiger partial charge on any atom is 0.303 e. The van der Waals surface area contributed by atoms with Crippen molar-refractivity contribution < 1.29 is 9.90 Å². The van der Waals surface area contributed by atoms with E-state index in [1.807, 2.05) is 0 Å². The SMILES string of the molecule is CCC/C=C/C[C@H]1C[C@H]1CCCCCCCCCC(=O)O. The minimum atomic E-state index is -0.654. The lowest BCUT2D eigenvalue weighted by atomic mass is 10.0. The molecule has 122 valence electrons. The summed E-state index contributed by atoms with van der Waals surface area (Å²) < 4.78 is 0. The lowest BCUT2D eigenvalue weighted by Crippen LogP contribution is -1.93. The molecule has 0 amide bonds. The minimum Gasteiger partial charge on any atom is -0.481 e. The normalized spacial score (nSPS) is 21.0. The summed E-state index contributed by atoms with van der Waals surface area (Å²) in [6.45, 7) is 2.23. The summed E-state index contributed by atoms with van der Waals surface area (Å²) in [5.74, 6) is 1.36. The molecule has 0 aromatic carbocycles. The molecular formula is C19H34O2. The molecule has 21 heavy (non-hydrogen) atoms. The highest BCUT2D eigenvalue weighted by molar-refractivity contribution is 5.66. The van der Waals surface area contributed by atoms with Crippen LogP contribution in [0.3, 0.4) is 0 Å². The van der Waals surface area contributed by atoms with Crippen LogP contribution >= 0.6 is 0 Å². The fraction of sp³-hybridized carbons (Fsp3) is 0.842. The van der Waals surface area contributed by atoms with Crippen LogP contribution in [0.4, 0.5) is 0 Å². The van der Waals surface area contributed by atoms with Gasteiger partial charge in [-0.25, -0.2) is 0 Å². The van der Waals surface area contributed by atoms with E-state index in [0.29, 0.717) is 6.42 Å². The van der Waals surface area contributed by atoms with Gasteiger partial charge in [-0.05, 0) is 37.5 Å². The van der Waals surface area contributed by atoms with Gasteiger partial charge >= 0.3 is 5.97 Å². The summed E-state index contributed by atoms with van der Waals surface area (Å²) in [5.41, 5.74) is 0. The minimum absolute atomic E-state index is 0.343. The molecule has 0 bridgehead atoms. The van der Waals surface area contributed by atoms with Crippen LogP contribution in [0.25, 0.3) is 0 Å². The summed E-state index contributed by atoms with van der Waals surface area (Å²) >= 11 is 0. The predicted molar refractivity (Wildman–Crippen MR) is 89.5 cm³/mol. The van der Waals surface area contributed by atoms with Crippen molar-refractivity contribution in [2.45, 2.75) is 90.4 Å². The number of hydrogen-bond donors (Lipinski definition) is 1. The smallest absolute Gasteiger partial charge is 0.303 e. The van der Waals surface area contributed by atoms with Gasteiger partial charge in [-0.15, -0.1) is 0 Å². The summed E-state index contributed by atoms with van der Waals surface area (Å²) in [6, 6.07) is 0. The molecule has 1 rings (SSSR count). The molecule has 1 aliphatic carbocycles. The van der Waals surface area contributed by atoms with Gasteiger partial charge in [-0.1, -0.05) is 70.4 Å². The molecule has 0 unspecified atom stereocenters. The van der Waals surface area contributed by atoms with Gasteiger partial charge in [-0.2, -0.15) is 0 Å². The Bertz CT molecular complexity index is 296. The van der Waals surface area contributed by atoms with Crippen molar-refractivity contribution in [2.24, 2.45) is 11.8 Å². The summed E-state index contributed by atoms with van der Waals surface area (Å²) in [7, 11) is 0. The van der Waals surface area contributed by atoms with E-state index in [0.717, 1.165) is 24.7 Å². The van der Waals surface area contributed by atoms with Gasteiger partial charge in [0.1, 0.15) is 0 Å². The molecule has 2 nitrogen and oxygen atoms in total. The summed E-state index contributed by atoms with van der Waals surface area (Å²) in [4.78, 5) is 10.4. The Morgan fingerprint density at radius 3 is 2.33 bits per heavy atom. The largest absolute Gasteiger partial charge is 0.481 e. The number of hydrogen-bond acceptors (Lipinski definition) is 1. The molecule has 2 heteroatoms. The third-order valence-corrected chi connectivity index (χ3v) is 4.60. The van der Waals surface area contributed by atoms with Crippen LogP contribution < -0.4 is 0 Å². The molecule has 0 saturated heterocycles. The molecule has 0 spiro atoms. The number of aliphatic carboxylic acids is 1. The second kappa shape index (κ2) is 11.8. The van der Waals surface area contributed by atoms with Crippen LogP contribution in [0.5, 0.6) is 0 Å². The predicted octanol–water partition coefficient (Wildman–Crippen LogP) is 5.96. The van der Waals surface area contributed by atoms with Gasteiger partial charge in [0, 0.05) is 6.42 Å². The van der Waals surface area contributed by atoms with Crippen LogP contribution in [-0.4, -0.2) is 11.1 Å². The number of rotatable bonds is 14. The van der Waals surface area contributed by atoms with E-state index in [1.165, 1.54) is 64.2 Å². The van der Waals surface area contributed by atoms with Gasteiger partial charge in [0.25, 0.3) is 0 Å². The first kappa shape index (κ1) is 18.3. The van der Waals surface area contributed by atoms with Crippen molar-refractivity contribution >= 4 is 5.97 Å². The van der Waals surface area contributed by atoms with Crippen molar-refractivity contribution in [1.29, 1.82) is 0 Å². The van der Waals surface area contributed by atoms with Crippen LogP contribution in [0.2, 0.25) is 0 Å². The molecule has 2 atom stereocenters. The van der Waals surface area contributed by atoms with Crippen molar-refractivity contribution in [3.8, 4) is 0 Å². The van der Waals surface area contributed by atoms with Crippen molar-refractivity contribution in [1.82, 2.24) is 0 Å². The maximum atomic E-state index is 10.4. The fourth-order valence-electron chi connectivity index (χ4n) is 3.07. The Kier molecular flexibility index (Phi) is 10.3. The van der Waals surface area contributed by atoms with E-state index < -0.39 is 5.97 Å². The van der Waals surface area contributed by atoms with E-state index >= 15 is 0 Å². The average Bonchev–Trinajstić information content (AvgIpc) is 3.20. The van der Waals surface area contributed by atoms with Gasteiger partial charge in [0.2, 0.25) is 0 Å². The molecule has 1 saturated carbocycles. The fourth-order valence-corrected chi connectivity index (χ4v) is 3.07. The molecular weight excluding hydrogens is 260 g/mol. The zero-order valence-electron chi connectivity index (χ0n) is 13.9. The van der Waals surface area contributed by atoms with Gasteiger partial charge in [-0.3, -0.25) is 4.79 Å². The number of carboxylic acids is 1. The van der Waals surface area contributed by atoms with E-state index in [2.05, 4.69) is 19.1 Å². The van der Waals surface area contributed by atoms with E-state index in [4.69, 9.17) is 5.11 Å². The molecule has 0 aliphatic heterocycles. The van der Waals surface area contributed by atoms with Gasteiger partial charge in [0.15, 0.2) is 0 Å². The van der Waals surface area contributed by atoms with Gasteiger partial charge < -0.3 is 5.11 Å². The third-order valence-electron chi connectivity index (χ3n) is 4.60. The van der Waals surface area contributed by atoms with Crippen LogP contribution in [0.1, 0.15) is 90.4 Å². The maximum absolute atomic E-state index is 10.4. The summed E-state index contributed by atoms with van der Waals surface area (Å²) in [5, 5.41) is 8.54. The molecule has 1 aliphatic rings. The quantitative estimate of drug-likeness (QED) is 0.317. The van der Waals surface area contributed by atoms with Crippen LogP contribution in [0, 0.1) is 11.8 Å². The number of carboxylic acid groups (broad SMARTS) is 1. The van der Waals surface area contributed by atoms with Crippen LogP contribution in [-0.2, 0) is 4.79 Å². The molecule has 0 heterocycles. The number of carbonyl (C=O) groups is 1. The molecule has 1 fully saturated rings. The van der Waals surface area contributed by atoms with Crippen molar-refractivity contribution in [3.63, 3.8) is 0 Å². The van der Waals surface area contributed by atoms with Crippen LogP contribution in [0.15, 0.2) is 12.2 Å². The first-order chi connectivity index (χ1) is 10.2. The zero-order chi connectivity index (χ0) is 15.3. The third kappa shape index (κ3) is 10.6. The lowest BCUT2D eigenvalue weighted by Gasteiger charge is -2.01. The van der Waals surface area contributed by atoms with E-state index in [-0.39, 0.29) is 0 Å². The monoisotopic (exact) mass is 294 g/mol. The Balaban J connectivity index is 1.78. The van der Waals surface area contributed by atoms with E-state index in [9.17, 15) is 4.79 Å². The standard InChI is InChI=1S/C19H34O2/c1-2-3-4-10-13-17-16-18(17)14-11-8-6-5-7-9-12-15-19(20)21/h4,10,17-18H,2-3,5-9,11-16H2,1H3,(H,20,21)/b10-4+/t17-,18+/m0/s1. The molecule has 0 radical (unpaired) electrons. The second-order valence-electron chi connectivity index (χ2n) is 6.66. The number of unbranched alkanes of at least 4 members (excludes halogenated alkanes) is 7. The van der Waals surface area contributed by atoms with Crippen molar-refractivity contribution in [3.05, 3.63) is 12.2 Å². The Morgan fingerprint density at radius 1 is 1.00 bits per heavy atom. The Hall–Kier alpha value is -0.790. The Labute approximate surface area is 131 Å². The average molecular weight is 294 g/mol. The van der Waals surface area contributed by atoms with Gasteiger partial charge in [0.05, 0.1) is 0 Å². The molecule has 0 aromatic rings. The van der Waals surface area contributed by atoms with E-state index in [1.54, 1.807) is 0 Å². The van der Waals surface area contributed by atoms with Crippen molar-refractivity contribution in [2.75, 3.05) is 0 Å². The molecule has 1 N–H and O–H groups in total. The highest BCUT2D eigenvalue weighted by Gasteiger charge is 2.34. The topological polar surface area (TPSA) is 37.3 Å². The first-order valence-corrected chi connectivity index (χ1v) is 9.10. The zero-order valence-corrected chi connectivity index (χ0v) is 13.9. The molecule has 0 aromatic heterocycles.